The molecule has 1 saturated heterocycles. The molecule has 1 atom stereocenters. The number of fused-ring (bicyclic) bond motifs is 1. The standard InChI is InChI=1S/C28H25F6N7O5S2/c29-27(30,31)45-17-5-1-15(2-6-17)13-36-25(42)20-14-40(26-39-24-21(47-26)22(35)37-23(38-24)16-3-4-16)11-12-41(20)48(43,44)19-9-7-18(8-10-19)46-28(32,33)34/h1-2,5-10,16,20H,3-4,11-14H2,(H,36,42)(H2,35,37,38)/t20-/m1/s1. The molecule has 2 aromatic carbocycles. The number of alkyl halides is 6. The summed E-state index contributed by atoms with van der Waals surface area (Å²) < 4.78 is 112. The number of nitrogens with one attached hydrogen (secondary N) is 1. The van der Waals surface area contributed by atoms with Crippen molar-refractivity contribution in [1.29, 1.82) is 0 Å². The van der Waals surface area contributed by atoms with Crippen LogP contribution in [-0.4, -0.2) is 72.0 Å². The van der Waals surface area contributed by atoms with Gasteiger partial charge in [0.25, 0.3) is 0 Å². The SMILES string of the molecule is Nc1nc(C2CC2)nc2nc(N3CCN(S(=O)(=O)c4ccc(OC(F)(F)F)cc4)[C@@H](C(=O)NCc4ccc(OC(F)(F)F)cc4)C3)sc12. The Hall–Kier alpha value is -4.43. The first-order valence-corrected chi connectivity index (χ1v) is 16.5. The lowest BCUT2D eigenvalue weighted by molar-refractivity contribution is -0.275. The first-order chi connectivity index (χ1) is 22.6. The quantitative estimate of drug-likeness (QED) is 0.236. The zero-order chi connectivity index (χ0) is 34.4. The number of anilines is 2. The lowest BCUT2D eigenvalue weighted by atomic mass is 10.1. The number of nitrogens with two attached hydrogens (primary N) is 1. The molecule has 0 unspecified atom stereocenters. The van der Waals surface area contributed by atoms with Gasteiger partial charge in [0.1, 0.15) is 33.9 Å². The van der Waals surface area contributed by atoms with Crippen LogP contribution in [0.25, 0.3) is 10.3 Å². The molecular formula is C28H25F6N7O5S2. The third-order valence-electron chi connectivity index (χ3n) is 7.42. The summed E-state index contributed by atoms with van der Waals surface area (Å²) in [5.41, 5.74) is 6.95. The molecule has 0 bridgehead atoms. The van der Waals surface area contributed by atoms with E-state index in [-0.39, 0.29) is 42.8 Å². The predicted octanol–water partition coefficient (Wildman–Crippen LogP) is 4.54. The Balaban J connectivity index is 1.25. The number of carbonyl (C=O) groups excluding carboxylic acids is 1. The van der Waals surface area contributed by atoms with Crippen LogP contribution < -0.4 is 25.4 Å². The number of carbonyl (C=O) groups is 1. The average Bonchev–Trinajstić information content (AvgIpc) is 3.77. The van der Waals surface area contributed by atoms with Crippen molar-refractivity contribution in [2.45, 2.75) is 49.0 Å². The van der Waals surface area contributed by atoms with E-state index in [9.17, 15) is 39.6 Å². The molecule has 2 aliphatic rings. The number of hydrogen-bond acceptors (Lipinski definition) is 11. The maximum absolute atomic E-state index is 13.8. The number of hydrogen-bond donors (Lipinski definition) is 2. The molecule has 1 aliphatic carbocycles. The van der Waals surface area contributed by atoms with Crippen molar-refractivity contribution in [1.82, 2.24) is 24.6 Å². The summed E-state index contributed by atoms with van der Waals surface area (Å²) in [6.07, 6.45) is -7.98. The minimum Gasteiger partial charge on any atom is -0.406 e. The number of sulfonamides is 1. The molecule has 12 nitrogen and oxygen atoms in total. The zero-order valence-electron chi connectivity index (χ0n) is 24.5. The highest BCUT2D eigenvalue weighted by atomic mass is 32.2. The minimum atomic E-state index is -4.98. The van der Waals surface area contributed by atoms with Gasteiger partial charge in [-0.1, -0.05) is 23.5 Å². The Labute approximate surface area is 272 Å². The highest BCUT2D eigenvalue weighted by Gasteiger charge is 2.41. The Morgan fingerprint density at radius 1 is 0.917 bits per heavy atom. The molecule has 1 amide bonds. The fourth-order valence-corrected chi connectivity index (χ4v) is 7.53. The van der Waals surface area contributed by atoms with Gasteiger partial charge in [0.2, 0.25) is 15.9 Å². The number of halogens is 6. The number of aromatic nitrogens is 3. The molecule has 1 aliphatic heterocycles. The molecule has 0 spiro atoms. The van der Waals surface area contributed by atoms with Gasteiger partial charge in [0, 0.05) is 32.1 Å². The van der Waals surface area contributed by atoms with Crippen LogP contribution in [0.4, 0.5) is 37.3 Å². The van der Waals surface area contributed by atoms with Crippen LogP contribution in [0.5, 0.6) is 11.5 Å². The number of benzene rings is 2. The topological polar surface area (TPSA) is 153 Å². The van der Waals surface area contributed by atoms with Gasteiger partial charge < -0.3 is 25.4 Å². The van der Waals surface area contributed by atoms with Crippen LogP contribution in [-0.2, 0) is 21.4 Å². The summed E-state index contributed by atoms with van der Waals surface area (Å²) in [6.45, 7) is -0.478. The third kappa shape index (κ3) is 7.65. The summed E-state index contributed by atoms with van der Waals surface area (Å²) in [5.74, 6) is -0.774. The first kappa shape index (κ1) is 33.5. The van der Waals surface area contributed by atoms with Gasteiger partial charge in [0.05, 0.1) is 4.90 Å². The fourth-order valence-electron chi connectivity index (χ4n) is 5.02. The number of amides is 1. The van der Waals surface area contributed by atoms with E-state index in [2.05, 4.69) is 29.7 Å². The minimum absolute atomic E-state index is 0.0849. The molecule has 3 N–H and O–H groups in total. The highest BCUT2D eigenvalue weighted by Crippen LogP contribution is 2.41. The van der Waals surface area contributed by atoms with E-state index in [0.29, 0.717) is 26.9 Å². The van der Waals surface area contributed by atoms with E-state index < -0.39 is 46.2 Å². The molecule has 2 fully saturated rings. The van der Waals surface area contributed by atoms with Crippen molar-refractivity contribution in [3.63, 3.8) is 0 Å². The fraction of sp³-hybridized carbons (Fsp3) is 0.357. The second-order valence-corrected chi connectivity index (χ2v) is 13.8. The first-order valence-electron chi connectivity index (χ1n) is 14.2. The summed E-state index contributed by atoms with van der Waals surface area (Å²) in [6, 6.07) is 6.95. The molecule has 20 heteroatoms. The van der Waals surface area contributed by atoms with Crippen LogP contribution in [0.2, 0.25) is 0 Å². The summed E-state index contributed by atoms with van der Waals surface area (Å²) in [7, 11) is -4.44. The lowest BCUT2D eigenvalue weighted by Crippen LogP contribution is -2.60. The van der Waals surface area contributed by atoms with Crippen molar-refractivity contribution in [2.75, 3.05) is 30.3 Å². The molecule has 0 radical (unpaired) electrons. The number of rotatable bonds is 9. The number of piperazine rings is 1. The van der Waals surface area contributed by atoms with E-state index in [1.165, 1.54) is 23.5 Å². The van der Waals surface area contributed by atoms with Gasteiger partial charge in [0.15, 0.2) is 10.8 Å². The molecule has 1 saturated carbocycles. The van der Waals surface area contributed by atoms with Crippen molar-refractivity contribution < 1.29 is 49.0 Å². The maximum Gasteiger partial charge on any atom is 0.573 e. The van der Waals surface area contributed by atoms with E-state index in [1.807, 2.05) is 0 Å². The largest absolute Gasteiger partial charge is 0.573 e. The van der Waals surface area contributed by atoms with Crippen molar-refractivity contribution in [2.24, 2.45) is 0 Å². The normalized spacial score (nSPS) is 17.8. The third-order valence-corrected chi connectivity index (χ3v) is 10.5. The number of ether oxygens (including phenoxy) is 2. The van der Waals surface area contributed by atoms with Crippen LogP contribution in [0.15, 0.2) is 53.4 Å². The van der Waals surface area contributed by atoms with Crippen molar-refractivity contribution in [3.05, 3.63) is 59.9 Å². The van der Waals surface area contributed by atoms with Gasteiger partial charge >= 0.3 is 12.7 Å². The Morgan fingerprint density at radius 2 is 1.52 bits per heavy atom. The Morgan fingerprint density at radius 3 is 2.10 bits per heavy atom. The van der Waals surface area contributed by atoms with Crippen molar-refractivity contribution >= 4 is 48.6 Å². The summed E-state index contributed by atoms with van der Waals surface area (Å²) in [4.78, 5) is 28.4. The van der Waals surface area contributed by atoms with E-state index in [0.717, 1.165) is 53.5 Å². The molecule has 2 aromatic heterocycles. The molecule has 256 valence electrons. The Bertz CT molecular complexity index is 1920. The number of nitrogen functional groups attached to an aromatic ring is 1. The Kier molecular flexibility index (Phi) is 8.75. The molecular weight excluding hydrogens is 692 g/mol. The van der Waals surface area contributed by atoms with Crippen LogP contribution in [0.3, 0.4) is 0 Å². The monoisotopic (exact) mass is 717 g/mol. The van der Waals surface area contributed by atoms with Gasteiger partial charge in [-0.05, 0) is 54.8 Å². The molecule has 3 heterocycles. The lowest BCUT2D eigenvalue weighted by Gasteiger charge is -2.39. The van der Waals surface area contributed by atoms with Crippen LogP contribution >= 0.6 is 11.3 Å². The van der Waals surface area contributed by atoms with Crippen molar-refractivity contribution in [3.8, 4) is 11.5 Å². The van der Waals surface area contributed by atoms with Gasteiger partial charge in [-0.3, -0.25) is 4.79 Å². The summed E-state index contributed by atoms with van der Waals surface area (Å²) >= 11 is 1.18. The van der Waals surface area contributed by atoms with E-state index in [4.69, 9.17) is 5.73 Å². The second-order valence-electron chi connectivity index (χ2n) is 10.9. The number of thiazole rings is 1. The number of nitrogens with zero attached hydrogens (tertiary/aromatic N) is 5. The van der Waals surface area contributed by atoms with E-state index >= 15 is 0 Å². The van der Waals surface area contributed by atoms with E-state index in [1.54, 1.807) is 4.90 Å². The van der Waals surface area contributed by atoms with Gasteiger partial charge in [-0.2, -0.15) is 9.29 Å². The predicted molar refractivity (Wildman–Crippen MR) is 160 cm³/mol. The summed E-state index contributed by atoms with van der Waals surface area (Å²) in [5, 5.41) is 3.04. The molecule has 4 aromatic rings. The molecule has 6 rings (SSSR count). The zero-order valence-corrected chi connectivity index (χ0v) is 26.1. The van der Waals surface area contributed by atoms with Crippen LogP contribution in [0.1, 0.15) is 30.1 Å². The van der Waals surface area contributed by atoms with Crippen LogP contribution in [0, 0.1) is 0 Å². The highest BCUT2D eigenvalue weighted by molar-refractivity contribution is 7.89. The smallest absolute Gasteiger partial charge is 0.406 e. The molecule has 48 heavy (non-hydrogen) atoms. The maximum atomic E-state index is 13.8. The second kappa shape index (κ2) is 12.5. The van der Waals surface area contributed by atoms with Gasteiger partial charge in [-0.15, -0.1) is 26.3 Å². The average molecular weight is 718 g/mol. The van der Waals surface area contributed by atoms with Gasteiger partial charge in [-0.25, -0.2) is 18.4 Å².